The van der Waals surface area contributed by atoms with Gasteiger partial charge in [-0.25, -0.2) is 9.13 Å². The molecule has 0 amide bonds. The predicted octanol–water partition coefficient (Wildman–Crippen LogP) is 5.06. The Morgan fingerprint density at radius 2 is 1.44 bits per heavy atom. The van der Waals surface area contributed by atoms with Crippen LogP contribution in [0.25, 0.3) is 11.4 Å². The largest absolute Gasteiger partial charge is 0.513 e. The highest BCUT2D eigenvalue weighted by molar-refractivity contribution is 6.74. The number of benzene rings is 2. The second-order valence-corrected chi connectivity index (χ2v) is 7.46. The molecule has 0 spiro atoms. The van der Waals surface area contributed by atoms with Crippen molar-refractivity contribution in [3.05, 3.63) is 72.3 Å². The standard InChI is InChI=1S/C21H24BF3N2/c1-15(2)17-8-7-9-18(16(3)4)21(17)27-13-12-26(14-27)20-11-6-5-10-19(20)22(23,24)25/h5-16H,1-4H3. The van der Waals surface area contributed by atoms with Crippen LogP contribution >= 0.6 is 0 Å². The van der Waals surface area contributed by atoms with Crippen molar-refractivity contribution in [1.29, 1.82) is 0 Å². The number of nitrogens with zero attached hydrogens (tertiary/aromatic N) is 2. The molecule has 0 aliphatic rings. The molecule has 0 saturated carbocycles. The Bertz CT molecular complexity index is 916. The van der Waals surface area contributed by atoms with E-state index in [0.717, 1.165) is 11.8 Å². The average Bonchev–Trinajstić information content (AvgIpc) is 3.09. The lowest BCUT2D eigenvalue weighted by Gasteiger charge is -2.17. The van der Waals surface area contributed by atoms with Gasteiger partial charge in [0.05, 0.1) is 0 Å². The van der Waals surface area contributed by atoms with Crippen molar-refractivity contribution in [2.75, 3.05) is 0 Å². The fourth-order valence-electron chi connectivity index (χ4n) is 3.44. The maximum Gasteiger partial charge on any atom is 0.513 e. The number of aromatic nitrogens is 2. The third-order valence-corrected chi connectivity index (χ3v) is 4.80. The van der Waals surface area contributed by atoms with Gasteiger partial charge in [0.2, 0.25) is 0 Å². The summed E-state index contributed by atoms with van der Waals surface area (Å²) in [5, 5.41) is 0. The number of halogens is 3. The van der Waals surface area contributed by atoms with E-state index in [1.165, 1.54) is 23.3 Å². The normalized spacial score (nSPS) is 12.2. The van der Waals surface area contributed by atoms with Crippen LogP contribution in [0.4, 0.5) is 12.9 Å². The average molecular weight is 372 g/mol. The van der Waals surface area contributed by atoms with Crippen molar-refractivity contribution in [3.63, 3.8) is 0 Å². The van der Waals surface area contributed by atoms with Crippen LogP contribution in [-0.4, -0.2) is 11.5 Å². The first-order valence-electron chi connectivity index (χ1n) is 9.21. The van der Waals surface area contributed by atoms with E-state index in [9.17, 15) is 12.9 Å². The van der Waals surface area contributed by atoms with Crippen molar-refractivity contribution < 1.29 is 17.5 Å². The minimum Gasteiger partial charge on any atom is -0.445 e. The zero-order valence-electron chi connectivity index (χ0n) is 16.0. The quantitative estimate of drug-likeness (QED) is 0.438. The van der Waals surface area contributed by atoms with Crippen LogP contribution in [0, 0.1) is 0 Å². The molecule has 27 heavy (non-hydrogen) atoms. The van der Waals surface area contributed by atoms with E-state index >= 15 is 0 Å². The number of rotatable bonds is 5. The molecule has 0 aliphatic carbocycles. The fraction of sp³-hybridized carbons (Fsp3) is 0.286. The molecule has 3 rings (SSSR count). The third-order valence-electron chi connectivity index (χ3n) is 4.80. The zero-order valence-corrected chi connectivity index (χ0v) is 16.0. The van der Waals surface area contributed by atoms with E-state index in [-0.39, 0.29) is 5.69 Å². The second kappa shape index (κ2) is 7.26. The first-order valence-corrected chi connectivity index (χ1v) is 9.21. The van der Waals surface area contributed by atoms with Crippen molar-refractivity contribution >= 4 is 12.4 Å². The molecule has 2 aromatic carbocycles. The summed E-state index contributed by atoms with van der Waals surface area (Å²) < 4.78 is 43.8. The number of para-hydroxylation sites is 2. The Balaban J connectivity index is 2.17. The van der Waals surface area contributed by atoms with E-state index in [2.05, 4.69) is 39.8 Å². The van der Waals surface area contributed by atoms with Gasteiger partial charge in [-0.1, -0.05) is 69.6 Å². The molecule has 3 aromatic rings. The highest BCUT2D eigenvalue weighted by Crippen LogP contribution is 2.28. The summed E-state index contributed by atoms with van der Waals surface area (Å²) >= 11 is 0. The summed E-state index contributed by atoms with van der Waals surface area (Å²) in [5.74, 6) is 0.612. The maximum absolute atomic E-state index is 13.4. The molecular formula is C21H24BF3N2. The van der Waals surface area contributed by atoms with Crippen molar-refractivity contribution in [2.24, 2.45) is 0 Å². The maximum atomic E-state index is 13.4. The Hall–Kier alpha value is -2.50. The molecule has 0 bridgehead atoms. The molecule has 0 aliphatic heterocycles. The Labute approximate surface area is 158 Å². The van der Waals surface area contributed by atoms with Gasteiger partial charge in [-0.3, -0.25) is 0 Å². The van der Waals surface area contributed by atoms with Gasteiger partial charge < -0.3 is 12.9 Å². The lowest BCUT2D eigenvalue weighted by atomic mass is 9.79. The van der Waals surface area contributed by atoms with Crippen LogP contribution in [0.3, 0.4) is 0 Å². The van der Waals surface area contributed by atoms with Crippen LogP contribution in [0.2, 0.25) is 0 Å². The first-order chi connectivity index (χ1) is 12.7. The van der Waals surface area contributed by atoms with E-state index in [1.54, 1.807) is 23.2 Å². The Morgan fingerprint density at radius 1 is 0.852 bits per heavy atom. The van der Waals surface area contributed by atoms with Gasteiger partial charge in [-0.15, -0.1) is 0 Å². The van der Waals surface area contributed by atoms with Gasteiger partial charge in [0, 0.05) is 11.1 Å². The van der Waals surface area contributed by atoms with Gasteiger partial charge in [0.25, 0.3) is 6.33 Å². The van der Waals surface area contributed by atoms with Gasteiger partial charge in [0.1, 0.15) is 23.8 Å². The van der Waals surface area contributed by atoms with E-state index in [1.807, 2.05) is 16.8 Å². The molecule has 0 saturated heterocycles. The monoisotopic (exact) mass is 372 g/mol. The molecule has 2 nitrogen and oxygen atoms in total. The van der Waals surface area contributed by atoms with Gasteiger partial charge in [0.15, 0.2) is 0 Å². The first kappa shape index (κ1) is 19.3. The minimum absolute atomic E-state index is 0.150. The number of imidazole rings is 1. The molecule has 0 unspecified atom stereocenters. The summed E-state index contributed by atoms with van der Waals surface area (Å²) in [6.07, 6.45) is 5.24. The smallest absolute Gasteiger partial charge is 0.445 e. The van der Waals surface area contributed by atoms with Crippen molar-refractivity contribution in [3.8, 4) is 11.4 Å². The summed E-state index contributed by atoms with van der Waals surface area (Å²) in [6, 6.07) is 11.9. The molecule has 6 heteroatoms. The summed E-state index contributed by atoms with van der Waals surface area (Å²) in [6.45, 7) is 3.43. The molecule has 1 aromatic heterocycles. The second-order valence-electron chi connectivity index (χ2n) is 7.46. The highest BCUT2D eigenvalue weighted by Gasteiger charge is 2.30. The lowest BCUT2D eigenvalue weighted by Crippen LogP contribution is -2.37. The van der Waals surface area contributed by atoms with Crippen LogP contribution < -0.4 is 10.0 Å². The van der Waals surface area contributed by atoms with Crippen LogP contribution in [-0.2, 0) is 0 Å². The molecule has 1 heterocycles. The molecule has 0 fully saturated rings. The third kappa shape index (κ3) is 3.80. The van der Waals surface area contributed by atoms with Crippen LogP contribution in [0.15, 0.2) is 61.2 Å². The van der Waals surface area contributed by atoms with Crippen molar-refractivity contribution in [1.82, 2.24) is 4.57 Å². The van der Waals surface area contributed by atoms with Crippen molar-refractivity contribution in [2.45, 2.75) is 39.5 Å². The Morgan fingerprint density at radius 3 is 2.00 bits per heavy atom. The van der Waals surface area contributed by atoms with E-state index < -0.39 is 12.4 Å². The van der Waals surface area contributed by atoms with Gasteiger partial charge >= 0.3 is 6.98 Å². The molecule has 142 valence electrons. The number of hydrogen-bond donors (Lipinski definition) is 0. The fourth-order valence-corrected chi connectivity index (χ4v) is 3.44. The molecule has 0 radical (unpaired) electrons. The van der Waals surface area contributed by atoms with Gasteiger partial charge in [-0.05, 0) is 17.9 Å². The number of hydrogen-bond acceptors (Lipinski definition) is 0. The topological polar surface area (TPSA) is 8.81 Å². The summed E-state index contributed by atoms with van der Waals surface area (Å²) in [5.41, 5.74) is 2.98. The summed E-state index contributed by atoms with van der Waals surface area (Å²) in [4.78, 5) is 0. The zero-order chi connectivity index (χ0) is 19.8. The SMILES string of the molecule is CC(C)c1cccc(C(C)C)c1-[n+]1ccn(-c2ccccc2[B-](F)(F)F)c1. The molecular weight excluding hydrogens is 348 g/mol. The molecule has 0 atom stereocenters. The van der Waals surface area contributed by atoms with Gasteiger partial charge in [-0.2, -0.15) is 0 Å². The Kier molecular flexibility index (Phi) is 5.18. The summed E-state index contributed by atoms with van der Waals surface area (Å²) in [7, 11) is 0. The lowest BCUT2D eigenvalue weighted by molar-refractivity contribution is -0.596. The highest BCUT2D eigenvalue weighted by atomic mass is 19.4. The minimum atomic E-state index is -5.08. The predicted molar refractivity (Wildman–Crippen MR) is 104 cm³/mol. The molecule has 0 N–H and O–H groups in total. The van der Waals surface area contributed by atoms with E-state index in [4.69, 9.17) is 0 Å². The van der Waals surface area contributed by atoms with Crippen LogP contribution in [0.5, 0.6) is 0 Å². The van der Waals surface area contributed by atoms with Crippen LogP contribution in [0.1, 0.15) is 50.7 Å². The van der Waals surface area contributed by atoms with E-state index in [0.29, 0.717) is 11.8 Å².